The zero-order chi connectivity index (χ0) is 11.1. The molecule has 1 aromatic carbocycles. The highest BCUT2D eigenvalue weighted by Crippen LogP contribution is 2.07. The summed E-state index contributed by atoms with van der Waals surface area (Å²) in [7, 11) is 3.26. The Kier molecular flexibility index (Phi) is 4.57. The van der Waals surface area contributed by atoms with Crippen LogP contribution in [-0.2, 0) is 4.74 Å². The summed E-state index contributed by atoms with van der Waals surface area (Å²) in [5.74, 6) is -0.307. The lowest BCUT2D eigenvalue weighted by Gasteiger charge is -2.00. The highest BCUT2D eigenvalue weighted by molar-refractivity contribution is 5.89. The van der Waals surface area contributed by atoms with Gasteiger partial charge in [-0.2, -0.15) is 0 Å². The average molecular weight is 205 g/mol. The van der Waals surface area contributed by atoms with Crippen molar-refractivity contribution < 1.29 is 9.53 Å². The van der Waals surface area contributed by atoms with Gasteiger partial charge in [-0.1, -0.05) is 24.3 Å². The summed E-state index contributed by atoms with van der Waals surface area (Å²) in [5, 5.41) is 3.01. The van der Waals surface area contributed by atoms with Crippen LogP contribution in [0.5, 0.6) is 0 Å². The molecular formula is C12H15NO2. The number of methoxy groups -OCH3 is 1. The number of esters is 1. The van der Waals surface area contributed by atoms with Crippen molar-refractivity contribution in [3.05, 3.63) is 41.5 Å². The van der Waals surface area contributed by atoms with Crippen molar-refractivity contribution in [2.75, 3.05) is 20.7 Å². The Labute approximate surface area is 89.8 Å². The molecule has 0 saturated heterocycles. The van der Waals surface area contributed by atoms with Gasteiger partial charge in [-0.05, 0) is 24.7 Å². The summed E-state index contributed by atoms with van der Waals surface area (Å²) in [5.41, 5.74) is 1.57. The molecule has 0 unspecified atom stereocenters. The normalized spacial score (nSPS) is 10.5. The van der Waals surface area contributed by atoms with Crippen molar-refractivity contribution >= 4 is 12.0 Å². The Bertz CT molecular complexity index is 358. The van der Waals surface area contributed by atoms with Crippen molar-refractivity contribution in [2.24, 2.45) is 0 Å². The first-order valence-corrected chi connectivity index (χ1v) is 4.77. The number of ether oxygens (including phenoxy) is 1. The van der Waals surface area contributed by atoms with E-state index >= 15 is 0 Å². The summed E-state index contributed by atoms with van der Waals surface area (Å²) in [4.78, 5) is 11.2. The van der Waals surface area contributed by atoms with Gasteiger partial charge in [-0.15, -0.1) is 0 Å². The van der Waals surface area contributed by atoms with Crippen LogP contribution in [0.15, 0.2) is 30.3 Å². The largest absolute Gasteiger partial charge is 0.465 e. The summed E-state index contributed by atoms with van der Waals surface area (Å²) >= 11 is 0. The van der Waals surface area contributed by atoms with Crippen molar-refractivity contribution in [1.82, 2.24) is 5.32 Å². The molecule has 0 fully saturated rings. The van der Waals surface area contributed by atoms with Crippen LogP contribution in [0.2, 0.25) is 0 Å². The zero-order valence-corrected chi connectivity index (χ0v) is 8.99. The average Bonchev–Trinajstić information content (AvgIpc) is 2.29. The van der Waals surface area contributed by atoms with Crippen molar-refractivity contribution in [1.29, 1.82) is 0 Å². The quantitative estimate of drug-likeness (QED) is 0.760. The Morgan fingerprint density at radius 2 is 2.33 bits per heavy atom. The number of rotatable bonds is 4. The fourth-order valence-electron chi connectivity index (χ4n) is 1.20. The van der Waals surface area contributed by atoms with E-state index in [2.05, 4.69) is 10.1 Å². The Morgan fingerprint density at radius 3 is 3.00 bits per heavy atom. The van der Waals surface area contributed by atoms with E-state index in [9.17, 15) is 4.79 Å². The van der Waals surface area contributed by atoms with Gasteiger partial charge in [0.15, 0.2) is 0 Å². The molecule has 1 aromatic rings. The molecule has 0 heterocycles. The fraction of sp³-hybridized carbons (Fsp3) is 0.250. The number of hydrogen-bond acceptors (Lipinski definition) is 3. The van der Waals surface area contributed by atoms with Gasteiger partial charge in [-0.25, -0.2) is 4.79 Å². The molecule has 1 rings (SSSR count). The van der Waals surface area contributed by atoms with Crippen LogP contribution in [0.4, 0.5) is 0 Å². The van der Waals surface area contributed by atoms with Crippen molar-refractivity contribution in [2.45, 2.75) is 0 Å². The molecule has 0 bridgehead atoms. The van der Waals surface area contributed by atoms with Crippen LogP contribution in [0.3, 0.4) is 0 Å². The van der Waals surface area contributed by atoms with Crippen molar-refractivity contribution in [3.8, 4) is 0 Å². The van der Waals surface area contributed by atoms with E-state index in [4.69, 9.17) is 0 Å². The smallest absolute Gasteiger partial charge is 0.337 e. The molecule has 0 saturated carbocycles. The van der Waals surface area contributed by atoms with Gasteiger partial charge in [0.05, 0.1) is 12.7 Å². The molecule has 3 heteroatoms. The molecule has 0 radical (unpaired) electrons. The summed E-state index contributed by atoms with van der Waals surface area (Å²) < 4.78 is 4.64. The molecule has 15 heavy (non-hydrogen) atoms. The molecule has 0 atom stereocenters. The third-order valence-corrected chi connectivity index (χ3v) is 1.94. The molecule has 0 aliphatic carbocycles. The zero-order valence-electron chi connectivity index (χ0n) is 8.99. The first kappa shape index (κ1) is 11.5. The highest BCUT2D eigenvalue weighted by atomic mass is 16.5. The van der Waals surface area contributed by atoms with Gasteiger partial charge >= 0.3 is 5.97 Å². The minimum atomic E-state index is -0.307. The molecule has 3 nitrogen and oxygen atoms in total. The van der Waals surface area contributed by atoms with E-state index in [1.807, 2.05) is 31.3 Å². The lowest BCUT2D eigenvalue weighted by molar-refractivity contribution is 0.0600. The predicted octanol–water partition coefficient (Wildman–Crippen LogP) is 1.71. The maximum absolute atomic E-state index is 11.2. The van der Waals surface area contributed by atoms with Crippen LogP contribution < -0.4 is 5.32 Å². The second-order valence-electron chi connectivity index (χ2n) is 3.08. The van der Waals surface area contributed by atoms with Crippen LogP contribution >= 0.6 is 0 Å². The first-order valence-electron chi connectivity index (χ1n) is 4.77. The minimum absolute atomic E-state index is 0.307. The lowest BCUT2D eigenvalue weighted by Crippen LogP contribution is -2.03. The number of likely N-dealkylation sites (N-methyl/N-ethyl adjacent to an activating group) is 1. The van der Waals surface area contributed by atoms with Gasteiger partial charge < -0.3 is 10.1 Å². The molecular weight excluding hydrogens is 190 g/mol. The summed E-state index contributed by atoms with van der Waals surface area (Å²) in [6, 6.07) is 7.32. The van der Waals surface area contributed by atoms with E-state index in [-0.39, 0.29) is 5.97 Å². The molecule has 1 N–H and O–H groups in total. The standard InChI is InChI=1S/C12H15NO2/c1-13-8-4-6-10-5-3-7-11(9-10)12(14)15-2/h3-7,9,13H,8H2,1-2H3. The number of benzene rings is 1. The van der Waals surface area contributed by atoms with Crippen LogP contribution in [-0.4, -0.2) is 26.7 Å². The predicted molar refractivity (Wildman–Crippen MR) is 60.7 cm³/mol. The summed E-state index contributed by atoms with van der Waals surface area (Å²) in [6.07, 6.45) is 3.96. The number of hydrogen-bond donors (Lipinski definition) is 1. The fourth-order valence-corrected chi connectivity index (χ4v) is 1.20. The highest BCUT2D eigenvalue weighted by Gasteiger charge is 2.03. The van der Waals surface area contributed by atoms with E-state index < -0.39 is 0 Å². The maximum atomic E-state index is 11.2. The van der Waals surface area contributed by atoms with E-state index in [0.29, 0.717) is 5.56 Å². The molecule has 0 amide bonds. The van der Waals surface area contributed by atoms with Gasteiger partial charge in [-0.3, -0.25) is 0 Å². The third-order valence-electron chi connectivity index (χ3n) is 1.94. The van der Waals surface area contributed by atoms with Gasteiger partial charge in [0.25, 0.3) is 0 Å². The Hall–Kier alpha value is -1.61. The number of nitrogens with one attached hydrogen (secondary N) is 1. The molecule has 0 aliphatic rings. The van der Waals surface area contributed by atoms with Gasteiger partial charge in [0, 0.05) is 6.54 Å². The Balaban J connectivity index is 2.78. The first-order chi connectivity index (χ1) is 7.27. The van der Waals surface area contributed by atoms with Crippen molar-refractivity contribution in [3.63, 3.8) is 0 Å². The monoisotopic (exact) mass is 205 g/mol. The molecule has 0 spiro atoms. The number of carbonyl (C=O) groups excluding carboxylic acids is 1. The summed E-state index contributed by atoms with van der Waals surface area (Å²) in [6.45, 7) is 0.808. The lowest BCUT2D eigenvalue weighted by atomic mass is 10.1. The second-order valence-corrected chi connectivity index (χ2v) is 3.08. The van der Waals surface area contributed by atoms with Crippen LogP contribution in [0.1, 0.15) is 15.9 Å². The molecule has 0 aromatic heterocycles. The van der Waals surface area contributed by atoms with E-state index in [1.165, 1.54) is 7.11 Å². The van der Waals surface area contributed by atoms with Gasteiger partial charge in [0.1, 0.15) is 0 Å². The van der Waals surface area contributed by atoms with Gasteiger partial charge in [0.2, 0.25) is 0 Å². The van der Waals surface area contributed by atoms with E-state index in [0.717, 1.165) is 12.1 Å². The third kappa shape index (κ3) is 3.56. The topological polar surface area (TPSA) is 38.3 Å². The second kappa shape index (κ2) is 5.98. The molecule has 0 aliphatic heterocycles. The Morgan fingerprint density at radius 1 is 1.53 bits per heavy atom. The van der Waals surface area contributed by atoms with Crippen LogP contribution in [0, 0.1) is 0 Å². The van der Waals surface area contributed by atoms with E-state index in [1.54, 1.807) is 12.1 Å². The SMILES string of the molecule is CNCC=Cc1cccc(C(=O)OC)c1. The minimum Gasteiger partial charge on any atom is -0.465 e. The molecule has 80 valence electrons. The number of carbonyl (C=O) groups is 1. The maximum Gasteiger partial charge on any atom is 0.337 e. The van der Waals surface area contributed by atoms with Crippen LogP contribution in [0.25, 0.3) is 6.08 Å².